The summed E-state index contributed by atoms with van der Waals surface area (Å²) in [7, 11) is 1.79. The molecule has 2 aliphatic carbocycles. The summed E-state index contributed by atoms with van der Waals surface area (Å²) in [6.45, 7) is 5.96. The second-order valence-electron chi connectivity index (χ2n) is 12.7. The fourth-order valence-electron chi connectivity index (χ4n) is 7.40. The topological polar surface area (TPSA) is 60.2 Å². The second kappa shape index (κ2) is 14.4. The minimum Gasteiger partial charge on any atom is -0.490 e. The molecular weight excluding hydrogens is 508 g/mol. The Morgan fingerprint density at radius 2 is 1.80 bits per heavy atom. The van der Waals surface area contributed by atoms with Crippen LogP contribution in [0.5, 0.6) is 5.75 Å². The number of Topliss-reactive ketones (excluding diaryl/α,β-unsaturated/α-hetero) is 1. The van der Waals surface area contributed by atoms with Gasteiger partial charge in [0.25, 0.3) is 0 Å². The van der Waals surface area contributed by atoms with E-state index in [9.17, 15) is 4.79 Å². The fraction of sp³-hybridized carbons (Fsp3) is 0.583. The number of aliphatic imine (C=N–C) groups is 2. The minimum absolute atomic E-state index is 0.103. The number of hydrogen-bond donors (Lipinski definition) is 0. The van der Waals surface area contributed by atoms with Gasteiger partial charge in [-0.2, -0.15) is 0 Å². The van der Waals surface area contributed by atoms with Gasteiger partial charge in [-0.15, -0.1) is 0 Å². The van der Waals surface area contributed by atoms with Gasteiger partial charge in [-0.1, -0.05) is 43.3 Å². The van der Waals surface area contributed by atoms with Crippen LogP contribution < -0.4 is 4.74 Å². The molecular formula is C36H48N2O3. The zero-order valence-corrected chi connectivity index (χ0v) is 25.3. The Morgan fingerprint density at radius 3 is 2.68 bits per heavy atom. The Labute approximate surface area is 246 Å². The van der Waals surface area contributed by atoms with E-state index >= 15 is 0 Å². The maximum atomic E-state index is 13.6. The van der Waals surface area contributed by atoms with Crippen molar-refractivity contribution in [2.75, 3.05) is 20.3 Å². The SMILES string of the molecule is COCCC1CCCc2c(OC3CCC(C)CC(CCC(=O)c4ccccc4C4CN=CC=NC4C)C3)cccc21. The van der Waals surface area contributed by atoms with Crippen LogP contribution in [-0.4, -0.2) is 50.6 Å². The van der Waals surface area contributed by atoms with E-state index in [0.717, 1.165) is 55.6 Å². The van der Waals surface area contributed by atoms with Crippen LogP contribution in [0.1, 0.15) is 111 Å². The smallest absolute Gasteiger partial charge is 0.163 e. The average molecular weight is 557 g/mol. The van der Waals surface area contributed by atoms with Crippen molar-refractivity contribution in [1.29, 1.82) is 0 Å². The van der Waals surface area contributed by atoms with E-state index < -0.39 is 0 Å². The van der Waals surface area contributed by atoms with Crippen LogP contribution in [0.4, 0.5) is 0 Å². The highest BCUT2D eigenvalue weighted by Gasteiger charge is 2.29. The first kappa shape index (κ1) is 29.7. The molecule has 5 rings (SSSR count). The maximum Gasteiger partial charge on any atom is 0.163 e. The lowest BCUT2D eigenvalue weighted by Crippen LogP contribution is -2.22. The van der Waals surface area contributed by atoms with E-state index in [-0.39, 0.29) is 23.8 Å². The summed E-state index contributed by atoms with van der Waals surface area (Å²) in [5, 5.41) is 0. The van der Waals surface area contributed by atoms with Crippen molar-refractivity contribution in [2.24, 2.45) is 21.8 Å². The molecule has 1 heterocycles. The highest BCUT2D eigenvalue weighted by Crippen LogP contribution is 2.40. The summed E-state index contributed by atoms with van der Waals surface area (Å²) in [4.78, 5) is 22.7. The van der Waals surface area contributed by atoms with E-state index in [4.69, 9.17) is 9.47 Å². The number of benzene rings is 2. The standard InChI is InChI=1S/C36H48N2O3/c1-25-14-16-29(41-36-13-7-11-30-28(18-21-40-3)8-6-12-33(30)36)23-27(22-25)15-17-35(39)32-10-5-4-9-31(32)34-24-37-19-20-38-26(34)2/h4-5,7,9-11,13,19-20,25-29,34H,6,8,12,14-18,21-24H2,1-3H3. The second-order valence-corrected chi connectivity index (χ2v) is 12.7. The number of rotatable bonds is 10. The third-order valence-electron chi connectivity index (χ3n) is 9.68. The van der Waals surface area contributed by atoms with E-state index in [2.05, 4.69) is 48.1 Å². The molecule has 0 aromatic heterocycles. The van der Waals surface area contributed by atoms with Gasteiger partial charge in [0.2, 0.25) is 0 Å². The van der Waals surface area contributed by atoms with Crippen molar-refractivity contribution in [3.05, 3.63) is 64.7 Å². The number of carbonyl (C=O) groups excluding carboxylic acids is 1. The molecule has 0 radical (unpaired) electrons. The average Bonchev–Trinajstić information content (AvgIpc) is 3.31. The third kappa shape index (κ3) is 7.54. The van der Waals surface area contributed by atoms with Gasteiger partial charge in [-0.3, -0.25) is 14.8 Å². The van der Waals surface area contributed by atoms with Gasteiger partial charge in [0.15, 0.2) is 5.78 Å². The van der Waals surface area contributed by atoms with Gasteiger partial charge in [0.1, 0.15) is 5.75 Å². The van der Waals surface area contributed by atoms with E-state index in [0.29, 0.717) is 30.7 Å². The Morgan fingerprint density at radius 1 is 0.951 bits per heavy atom. The molecule has 2 aromatic rings. The summed E-state index contributed by atoms with van der Waals surface area (Å²) in [5.41, 5.74) is 4.83. The van der Waals surface area contributed by atoms with Crippen molar-refractivity contribution in [1.82, 2.24) is 0 Å². The molecule has 3 aliphatic rings. The number of carbonyl (C=O) groups is 1. The van der Waals surface area contributed by atoms with E-state index in [1.165, 1.54) is 36.8 Å². The molecule has 0 saturated heterocycles. The summed E-state index contributed by atoms with van der Waals surface area (Å²) in [6.07, 6.45) is 14.4. The monoisotopic (exact) mass is 556 g/mol. The maximum absolute atomic E-state index is 13.6. The Hall–Kier alpha value is -2.79. The zero-order chi connectivity index (χ0) is 28.6. The first-order chi connectivity index (χ1) is 20.0. The lowest BCUT2D eigenvalue weighted by Gasteiger charge is -2.29. The Bertz CT molecular complexity index is 1220. The first-order valence-corrected chi connectivity index (χ1v) is 15.9. The van der Waals surface area contributed by atoms with E-state index in [1.807, 2.05) is 18.2 Å². The molecule has 220 valence electrons. The van der Waals surface area contributed by atoms with Crippen molar-refractivity contribution in [3.8, 4) is 5.75 Å². The fourth-order valence-corrected chi connectivity index (χ4v) is 7.40. The number of hydrogen-bond acceptors (Lipinski definition) is 5. The molecule has 0 amide bonds. The Balaban J connectivity index is 1.25. The van der Waals surface area contributed by atoms with Crippen LogP contribution in [0.25, 0.3) is 0 Å². The largest absolute Gasteiger partial charge is 0.490 e. The lowest BCUT2D eigenvalue weighted by atomic mass is 9.81. The lowest BCUT2D eigenvalue weighted by molar-refractivity contribution is 0.0963. The van der Waals surface area contributed by atoms with Crippen LogP contribution >= 0.6 is 0 Å². The van der Waals surface area contributed by atoms with Gasteiger partial charge in [-0.05, 0) is 105 Å². The van der Waals surface area contributed by atoms with Crippen molar-refractivity contribution in [3.63, 3.8) is 0 Å². The van der Waals surface area contributed by atoms with Crippen LogP contribution in [0.3, 0.4) is 0 Å². The van der Waals surface area contributed by atoms with Gasteiger partial charge in [-0.25, -0.2) is 0 Å². The third-order valence-corrected chi connectivity index (χ3v) is 9.68. The molecule has 0 bridgehead atoms. The molecule has 1 aliphatic heterocycles. The number of nitrogens with zero attached hydrogens (tertiary/aromatic N) is 2. The predicted octanol–water partition coefficient (Wildman–Crippen LogP) is 8.01. The normalized spacial score (nSPS) is 28.0. The minimum atomic E-state index is 0.103. The number of ketones is 1. The molecule has 1 fully saturated rings. The van der Waals surface area contributed by atoms with Crippen molar-refractivity contribution >= 4 is 18.2 Å². The quantitative estimate of drug-likeness (QED) is 0.220. The number of ether oxygens (including phenoxy) is 2. The molecule has 1 saturated carbocycles. The van der Waals surface area contributed by atoms with Crippen molar-refractivity contribution < 1.29 is 14.3 Å². The predicted molar refractivity (Wildman–Crippen MR) is 168 cm³/mol. The van der Waals surface area contributed by atoms with Crippen molar-refractivity contribution in [2.45, 2.75) is 102 Å². The molecule has 2 aromatic carbocycles. The summed E-state index contributed by atoms with van der Waals surface area (Å²) in [5.74, 6) is 3.19. The molecule has 5 heteroatoms. The molecule has 0 N–H and O–H groups in total. The molecule has 41 heavy (non-hydrogen) atoms. The number of methoxy groups -OCH3 is 1. The van der Waals surface area contributed by atoms with Crippen LogP contribution in [0.2, 0.25) is 0 Å². The Kier molecular flexibility index (Phi) is 10.4. The number of fused-ring (bicyclic) bond motifs is 1. The first-order valence-electron chi connectivity index (χ1n) is 15.9. The molecule has 0 spiro atoms. The van der Waals surface area contributed by atoms with Gasteiger partial charge < -0.3 is 9.47 Å². The van der Waals surface area contributed by atoms with Crippen LogP contribution in [0, 0.1) is 11.8 Å². The van der Waals surface area contributed by atoms with Crippen LogP contribution in [-0.2, 0) is 11.2 Å². The van der Waals surface area contributed by atoms with Gasteiger partial charge in [0.05, 0.1) is 12.1 Å². The highest BCUT2D eigenvalue weighted by molar-refractivity contribution is 6.16. The summed E-state index contributed by atoms with van der Waals surface area (Å²) in [6, 6.07) is 14.9. The van der Waals surface area contributed by atoms with E-state index in [1.54, 1.807) is 19.5 Å². The summed E-state index contributed by atoms with van der Waals surface area (Å²) < 4.78 is 12.2. The molecule has 5 nitrogen and oxygen atoms in total. The zero-order valence-electron chi connectivity index (χ0n) is 25.3. The van der Waals surface area contributed by atoms with Gasteiger partial charge >= 0.3 is 0 Å². The van der Waals surface area contributed by atoms with Crippen LogP contribution in [0.15, 0.2) is 52.4 Å². The molecule has 6 atom stereocenters. The summed E-state index contributed by atoms with van der Waals surface area (Å²) >= 11 is 0. The molecule has 6 unspecified atom stereocenters. The highest BCUT2D eigenvalue weighted by atomic mass is 16.5. The van der Waals surface area contributed by atoms with Gasteiger partial charge in [0, 0.05) is 50.6 Å².